The number of H-pyrrole nitrogens is 1. The molecule has 1 fully saturated rings. The van der Waals surface area contributed by atoms with Gasteiger partial charge in [-0.1, -0.05) is 12.1 Å². The van der Waals surface area contributed by atoms with Gasteiger partial charge in [-0.2, -0.15) is 0 Å². The Morgan fingerprint density at radius 2 is 2.09 bits per heavy atom. The second-order valence-electron chi connectivity index (χ2n) is 6.02. The molecule has 0 saturated heterocycles. The fraction of sp³-hybridized carbons (Fsp3) is 0.412. The number of imidazole rings is 1. The first-order chi connectivity index (χ1) is 11.2. The Labute approximate surface area is 134 Å². The number of phenolic OH excluding ortho intramolecular Hbond substituents is 1. The van der Waals surface area contributed by atoms with Gasteiger partial charge in [-0.3, -0.25) is 4.79 Å². The second kappa shape index (κ2) is 6.83. The van der Waals surface area contributed by atoms with Crippen LogP contribution in [0.15, 0.2) is 36.7 Å². The molecule has 4 N–H and O–H groups in total. The predicted molar refractivity (Wildman–Crippen MR) is 84.7 cm³/mol. The van der Waals surface area contributed by atoms with Crippen molar-refractivity contribution in [3.8, 4) is 5.75 Å². The number of aromatic amines is 1. The van der Waals surface area contributed by atoms with Gasteiger partial charge in [-0.25, -0.2) is 4.98 Å². The maximum absolute atomic E-state index is 12.4. The number of hydrogen-bond donors (Lipinski definition) is 4. The zero-order valence-corrected chi connectivity index (χ0v) is 12.8. The lowest BCUT2D eigenvalue weighted by Crippen LogP contribution is -2.32. The minimum Gasteiger partial charge on any atom is -0.508 e. The fourth-order valence-corrected chi connectivity index (χ4v) is 2.90. The van der Waals surface area contributed by atoms with Crippen molar-refractivity contribution in [2.24, 2.45) is 5.92 Å². The number of rotatable bonds is 7. The Balaban J connectivity index is 1.65. The van der Waals surface area contributed by atoms with Gasteiger partial charge in [0.25, 0.3) is 0 Å². The number of carbonyl (C=O) groups excluding carboxylic acids is 1. The van der Waals surface area contributed by atoms with Crippen molar-refractivity contribution in [3.05, 3.63) is 48.0 Å². The summed E-state index contributed by atoms with van der Waals surface area (Å²) < 4.78 is 0. The van der Waals surface area contributed by atoms with Gasteiger partial charge in [0.2, 0.25) is 5.91 Å². The number of phenols is 1. The molecule has 6 heteroatoms. The molecule has 23 heavy (non-hydrogen) atoms. The van der Waals surface area contributed by atoms with E-state index in [1.807, 2.05) is 12.1 Å². The summed E-state index contributed by atoms with van der Waals surface area (Å²) in [6.07, 6.45) is 5.87. The number of carbonyl (C=O) groups is 1. The van der Waals surface area contributed by atoms with Crippen LogP contribution in [0.3, 0.4) is 0 Å². The van der Waals surface area contributed by atoms with Crippen LogP contribution in [0.4, 0.5) is 0 Å². The zero-order chi connectivity index (χ0) is 16.2. The summed E-state index contributed by atoms with van der Waals surface area (Å²) in [6.45, 7) is -0.202. The topological polar surface area (TPSA) is 98.2 Å². The molecule has 0 aliphatic heterocycles. The van der Waals surface area contributed by atoms with Crippen molar-refractivity contribution in [2.75, 3.05) is 6.61 Å². The molecule has 1 saturated carbocycles. The molecule has 1 aromatic heterocycles. The third-order valence-electron chi connectivity index (χ3n) is 4.28. The molecule has 6 nitrogen and oxygen atoms in total. The Morgan fingerprint density at radius 1 is 1.35 bits per heavy atom. The lowest BCUT2D eigenvalue weighted by Gasteiger charge is -2.19. The van der Waals surface area contributed by atoms with Crippen molar-refractivity contribution in [2.45, 2.75) is 31.2 Å². The highest BCUT2D eigenvalue weighted by Gasteiger charge is 2.34. The molecule has 2 unspecified atom stereocenters. The number of aliphatic hydroxyl groups is 1. The van der Waals surface area contributed by atoms with Crippen molar-refractivity contribution in [3.63, 3.8) is 0 Å². The summed E-state index contributed by atoms with van der Waals surface area (Å²) >= 11 is 0. The fourth-order valence-electron chi connectivity index (χ4n) is 2.90. The van der Waals surface area contributed by atoms with E-state index in [9.17, 15) is 15.0 Å². The molecule has 3 rings (SSSR count). The summed E-state index contributed by atoms with van der Waals surface area (Å²) in [4.78, 5) is 19.4. The van der Waals surface area contributed by atoms with Crippen LogP contribution in [-0.4, -0.2) is 32.7 Å². The molecular formula is C17H21N3O3. The van der Waals surface area contributed by atoms with Gasteiger partial charge in [0.15, 0.2) is 0 Å². The first-order valence-electron chi connectivity index (χ1n) is 7.86. The first-order valence-corrected chi connectivity index (χ1v) is 7.86. The number of nitrogens with zero attached hydrogens (tertiary/aromatic N) is 1. The van der Waals surface area contributed by atoms with Crippen LogP contribution in [0.2, 0.25) is 0 Å². The molecule has 122 valence electrons. The normalized spacial score (nSPS) is 16.7. The van der Waals surface area contributed by atoms with Gasteiger partial charge in [-0.15, -0.1) is 0 Å². The lowest BCUT2D eigenvalue weighted by atomic mass is 9.90. The van der Waals surface area contributed by atoms with Crippen molar-refractivity contribution >= 4 is 5.91 Å². The van der Waals surface area contributed by atoms with Gasteiger partial charge < -0.3 is 20.5 Å². The maximum Gasteiger partial charge on any atom is 0.221 e. The van der Waals surface area contributed by atoms with Gasteiger partial charge in [0.1, 0.15) is 17.6 Å². The summed E-state index contributed by atoms with van der Waals surface area (Å²) in [6, 6.07) is 6.55. The Hall–Kier alpha value is -2.34. The third kappa shape index (κ3) is 3.90. The monoisotopic (exact) mass is 315 g/mol. The quantitative estimate of drug-likeness (QED) is 0.626. The van der Waals surface area contributed by atoms with Gasteiger partial charge in [-0.05, 0) is 42.4 Å². The smallest absolute Gasteiger partial charge is 0.221 e. The number of aromatic nitrogens is 2. The van der Waals surface area contributed by atoms with E-state index in [1.165, 1.54) is 0 Å². The molecular weight excluding hydrogens is 294 g/mol. The molecule has 0 radical (unpaired) electrons. The van der Waals surface area contributed by atoms with Crippen LogP contribution >= 0.6 is 0 Å². The van der Waals surface area contributed by atoms with Crippen LogP contribution in [0.5, 0.6) is 5.75 Å². The molecule has 1 aliphatic carbocycles. The van der Waals surface area contributed by atoms with Crippen LogP contribution < -0.4 is 5.32 Å². The number of benzene rings is 1. The molecule has 1 aliphatic rings. The average molecular weight is 315 g/mol. The van der Waals surface area contributed by atoms with Crippen LogP contribution in [-0.2, 0) is 4.79 Å². The van der Waals surface area contributed by atoms with Gasteiger partial charge in [0.05, 0.1) is 6.61 Å². The summed E-state index contributed by atoms with van der Waals surface area (Å²) in [5, 5.41) is 21.7. The molecule has 0 spiro atoms. The van der Waals surface area contributed by atoms with Gasteiger partial charge in [0, 0.05) is 18.8 Å². The third-order valence-corrected chi connectivity index (χ3v) is 4.28. The number of amides is 1. The van der Waals surface area contributed by atoms with E-state index >= 15 is 0 Å². The Morgan fingerprint density at radius 3 is 2.65 bits per heavy atom. The van der Waals surface area contributed by atoms with E-state index in [0.29, 0.717) is 18.2 Å². The maximum atomic E-state index is 12.4. The minimum absolute atomic E-state index is 0.106. The van der Waals surface area contributed by atoms with E-state index in [-0.39, 0.29) is 24.2 Å². The SMILES string of the molecule is O=C(CC(c1ccc(O)cc1)C1CC1)NC(CO)c1ncc[nH]1. The van der Waals surface area contributed by atoms with Gasteiger partial charge >= 0.3 is 0 Å². The number of aliphatic hydroxyl groups excluding tert-OH is 1. The highest BCUT2D eigenvalue weighted by atomic mass is 16.3. The second-order valence-corrected chi connectivity index (χ2v) is 6.02. The van der Waals surface area contributed by atoms with E-state index in [1.54, 1.807) is 24.5 Å². The van der Waals surface area contributed by atoms with E-state index < -0.39 is 6.04 Å². The highest BCUT2D eigenvalue weighted by molar-refractivity contribution is 5.77. The van der Waals surface area contributed by atoms with E-state index in [2.05, 4.69) is 15.3 Å². The largest absolute Gasteiger partial charge is 0.508 e. The first kappa shape index (κ1) is 15.6. The van der Waals surface area contributed by atoms with E-state index in [4.69, 9.17) is 0 Å². The minimum atomic E-state index is -0.517. The van der Waals surface area contributed by atoms with Crippen molar-refractivity contribution in [1.29, 1.82) is 0 Å². The number of nitrogens with one attached hydrogen (secondary N) is 2. The average Bonchev–Trinajstić information content (AvgIpc) is 3.25. The molecule has 0 bridgehead atoms. The summed E-state index contributed by atoms with van der Waals surface area (Å²) in [5.74, 6) is 1.33. The van der Waals surface area contributed by atoms with Crippen LogP contribution in [0.25, 0.3) is 0 Å². The molecule has 2 atom stereocenters. The summed E-state index contributed by atoms with van der Waals surface area (Å²) in [5.41, 5.74) is 1.07. The molecule has 2 aromatic rings. The van der Waals surface area contributed by atoms with E-state index in [0.717, 1.165) is 18.4 Å². The Kier molecular flexibility index (Phi) is 4.62. The highest BCUT2D eigenvalue weighted by Crippen LogP contribution is 2.44. The zero-order valence-electron chi connectivity index (χ0n) is 12.8. The number of aromatic hydroxyl groups is 1. The Bertz CT molecular complexity index is 636. The van der Waals surface area contributed by atoms with Crippen molar-refractivity contribution < 1.29 is 15.0 Å². The standard InChI is InChI=1S/C17H21N3O3/c21-10-15(17-18-7-8-19-17)20-16(23)9-14(11-1-2-11)12-3-5-13(22)6-4-12/h3-8,11,14-15,21-22H,1-2,9-10H2,(H,18,19)(H,20,23). The predicted octanol–water partition coefficient (Wildman–Crippen LogP) is 1.85. The summed E-state index contributed by atoms with van der Waals surface area (Å²) in [7, 11) is 0. The van der Waals surface area contributed by atoms with Crippen LogP contribution in [0, 0.1) is 5.92 Å². The molecule has 1 aromatic carbocycles. The molecule has 1 heterocycles. The lowest BCUT2D eigenvalue weighted by molar-refractivity contribution is -0.122. The molecule has 1 amide bonds. The van der Waals surface area contributed by atoms with Crippen molar-refractivity contribution in [1.82, 2.24) is 15.3 Å². The van der Waals surface area contributed by atoms with Crippen LogP contribution in [0.1, 0.15) is 42.6 Å². The number of hydrogen-bond acceptors (Lipinski definition) is 4.